The fourth-order valence-electron chi connectivity index (χ4n) is 2.31. The summed E-state index contributed by atoms with van der Waals surface area (Å²) in [6.07, 6.45) is 0.425. The second kappa shape index (κ2) is 4.61. The van der Waals surface area contributed by atoms with Crippen molar-refractivity contribution in [3.05, 3.63) is 17.5 Å². The van der Waals surface area contributed by atoms with E-state index >= 15 is 0 Å². The number of fused-ring (bicyclic) bond motifs is 1. The Labute approximate surface area is 113 Å². The van der Waals surface area contributed by atoms with E-state index in [-0.39, 0.29) is 11.9 Å². The zero-order valence-corrected chi connectivity index (χ0v) is 10.7. The van der Waals surface area contributed by atoms with Crippen molar-refractivity contribution in [2.75, 3.05) is 12.3 Å². The van der Waals surface area contributed by atoms with Gasteiger partial charge in [0.25, 0.3) is 0 Å². The van der Waals surface area contributed by atoms with Crippen molar-refractivity contribution >= 4 is 28.5 Å². The summed E-state index contributed by atoms with van der Waals surface area (Å²) in [5, 5.41) is 19.6. The third-order valence-corrected chi connectivity index (χ3v) is 3.44. The van der Waals surface area contributed by atoms with Gasteiger partial charge in [-0.05, 0) is 17.7 Å². The standard InChI is InChI=1S/C11H13ClN4O3/c12-11-14-9(13)5-1-2-16(10(5)15-11)8-3-6(18)7(4-17)19-8/h1-2,6-8,17-18H,3-4H2,(H2,13,14,15)/t6?,7?,8-/m1/s1. The maximum absolute atomic E-state index is 9.76. The number of aromatic nitrogens is 3. The van der Waals surface area contributed by atoms with E-state index in [2.05, 4.69) is 9.97 Å². The fraction of sp³-hybridized carbons (Fsp3) is 0.455. The van der Waals surface area contributed by atoms with Gasteiger partial charge in [0.15, 0.2) is 0 Å². The predicted octanol–water partition coefficient (Wildman–Crippen LogP) is 0.308. The molecule has 0 spiro atoms. The molecular formula is C11H13ClN4O3. The molecule has 8 heteroatoms. The number of nitrogens with zero attached hydrogens (tertiary/aromatic N) is 3. The highest BCUT2D eigenvalue weighted by Gasteiger charge is 2.35. The van der Waals surface area contributed by atoms with Crippen LogP contribution in [0.4, 0.5) is 5.82 Å². The molecule has 1 saturated heterocycles. The van der Waals surface area contributed by atoms with Gasteiger partial charge >= 0.3 is 0 Å². The Kier molecular flexibility index (Phi) is 3.06. The number of anilines is 1. The summed E-state index contributed by atoms with van der Waals surface area (Å²) >= 11 is 5.80. The molecule has 2 aromatic heterocycles. The number of aliphatic hydroxyl groups excluding tert-OH is 2. The maximum atomic E-state index is 9.76. The van der Waals surface area contributed by atoms with Crippen LogP contribution in [0.25, 0.3) is 11.0 Å². The van der Waals surface area contributed by atoms with Crippen molar-refractivity contribution < 1.29 is 14.9 Å². The lowest BCUT2D eigenvalue weighted by molar-refractivity contribution is -0.0430. The number of hydrogen-bond donors (Lipinski definition) is 3. The van der Waals surface area contributed by atoms with E-state index in [0.29, 0.717) is 23.3 Å². The Bertz CT molecular complexity index is 617. The van der Waals surface area contributed by atoms with Crippen molar-refractivity contribution in [2.45, 2.75) is 24.9 Å². The number of hydrogen-bond acceptors (Lipinski definition) is 6. The number of nitrogens with two attached hydrogens (primary N) is 1. The lowest BCUT2D eigenvalue weighted by Gasteiger charge is -2.14. The first-order valence-corrected chi connectivity index (χ1v) is 6.22. The Balaban J connectivity index is 2.02. The van der Waals surface area contributed by atoms with Crippen molar-refractivity contribution in [3.63, 3.8) is 0 Å². The molecule has 3 atom stereocenters. The minimum atomic E-state index is -0.706. The summed E-state index contributed by atoms with van der Waals surface area (Å²) in [7, 11) is 0. The van der Waals surface area contributed by atoms with Crippen molar-refractivity contribution in [2.24, 2.45) is 0 Å². The Morgan fingerprint density at radius 3 is 3.00 bits per heavy atom. The summed E-state index contributed by atoms with van der Waals surface area (Å²) in [4.78, 5) is 8.01. The van der Waals surface area contributed by atoms with Crippen LogP contribution in [0.15, 0.2) is 12.3 Å². The van der Waals surface area contributed by atoms with Crippen LogP contribution in [0.3, 0.4) is 0 Å². The number of rotatable bonds is 2. The Morgan fingerprint density at radius 2 is 2.32 bits per heavy atom. The van der Waals surface area contributed by atoms with Gasteiger partial charge in [-0.1, -0.05) is 0 Å². The Morgan fingerprint density at radius 1 is 1.53 bits per heavy atom. The minimum Gasteiger partial charge on any atom is -0.394 e. The molecule has 0 amide bonds. The molecule has 2 unspecified atom stereocenters. The normalized spacial score (nSPS) is 27.2. The lowest BCUT2D eigenvalue weighted by Crippen LogP contribution is -2.24. The van der Waals surface area contributed by atoms with E-state index in [1.807, 2.05) is 0 Å². The van der Waals surface area contributed by atoms with Crippen LogP contribution in [-0.4, -0.2) is 43.6 Å². The summed E-state index contributed by atoms with van der Waals surface area (Å²) in [5.74, 6) is 0.297. The molecule has 1 aliphatic heterocycles. The molecule has 7 nitrogen and oxygen atoms in total. The van der Waals surface area contributed by atoms with E-state index in [9.17, 15) is 5.11 Å². The summed E-state index contributed by atoms with van der Waals surface area (Å²) in [6.45, 7) is -0.227. The summed E-state index contributed by atoms with van der Waals surface area (Å²) in [6, 6.07) is 1.77. The molecule has 2 aromatic rings. The van der Waals surface area contributed by atoms with Gasteiger partial charge in [0.2, 0.25) is 5.28 Å². The highest BCUT2D eigenvalue weighted by molar-refractivity contribution is 6.28. The lowest BCUT2D eigenvalue weighted by atomic mass is 10.2. The van der Waals surface area contributed by atoms with Crippen LogP contribution in [-0.2, 0) is 4.74 Å². The third-order valence-electron chi connectivity index (χ3n) is 3.27. The quantitative estimate of drug-likeness (QED) is 0.685. The van der Waals surface area contributed by atoms with Crippen molar-refractivity contribution in [3.8, 4) is 0 Å². The summed E-state index contributed by atoms with van der Waals surface area (Å²) < 4.78 is 7.31. The topological polar surface area (TPSA) is 106 Å². The van der Waals surface area contributed by atoms with Gasteiger partial charge in [0.05, 0.1) is 18.1 Å². The third kappa shape index (κ3) is 2.04. The molecule has 1 aliphatic rings. The largest absolute Gasteiger partial charge is 0.394 e. The molecule has 0 aliphatic carbocycles. The highest BCUT2D eigenvalue weighted by atomic mass is 35.5. The van der Waals surface area contributed by atoms with Crippen LogP contribution in [0.5, 0.6) is 0 Å². The van der Waals surface area contributed by atoms with E-state index in [1.54, 1.807) is 16.8 Å². The highest BCUT2D eigenvalue weighted by Crippen LogP contribution is 2.32. The number of ether oxygens (including phenoxy) is 1. The molecule has 0 bridgehead atoms. The molecule has 0 radical (unpaired) electrons. The molecule has 102 valence electrons. The van der Waals surface area contributed by atoms with Gasteiger partial charge in [0.1, 0.15) is 23.8 Å². The van der Waals surface area contributed by atoms with Crippen LogP contribution < -0.4 is 5.73 Å². The average Bonchev–Trinajstić information content (AvgIpc) is 2.92. The Hall–Kier alpha value is -1.41. The van der Waals surface area contributed by atoms with Gasteiger partial charge in [-0.3, -0.25) is 0 Å². The van der Waals surface area contributed by atoms with Gasteiger partial charge in [-0.25, -0.2) is 4.98 Å². The van der Waals surface area contributed by atoms with Crippen molar-refractivity contribution in [1.29, 1.82) is 0 Å². The molecule has 3 heterocycles. The van der Waals surface area contributed by atoms with Crippen LogP contribution in [0, 0.1) is 0 Å². The molecule has 0 aromatic carbocycles. The van der Waals surface area contributed by atoms with Crippen LogP contribution in [0.1, 0.15) is 12.6 Å². The van der Waals surface area contributed by atoms with Crippen LogP contribution >= 0.6 is 11.6 Å². The molecule has 19 heavy (non-hydrogen) atoms. The van der Waals surface area contributed by atoms with E-state index in [1.165, 1.54) is 0 Å². The van der Waals surface area contributed by atoms with Gasteiger partial charge < -0.3 is 25.3 Å². The van der Waals surface area contributed by atoms with E-state index in [4.69, 9.17) is 27.2 Å². The van der Waals surface area contributed by atoms with E-state index < -0.39 is 18.4 Å². The molecule has 4 N–H and O–H groups in total. The second-order valence-corrected chi connectivity index (χ2v) is 4.79. The average molecular weight is 285 g/mol. The van der Waals surface area contributed by atoms with Crippen molar-refractivity contribution in [1.82, 2.24) is 14.5 Å². The molecular weight excluding hydrogens is 272 g/mol. The van der Waals surface area contributed by atoms with Gasteiger partial charge in [0, 0.05) is 12.6 Å². The zero-order valence-electron chi connectivity index (χ0n) is 9.90. The minimum absolute atomic E-state index is 0.0576. The molecule has 1 fully saturated rings. The van der Waals surface area contributed by atoms with E-state index in [0.717, 1.165) is 0 Å². The van der Waals surface area contributed by atoms with Crippen LogP contribution in [0.2, 0.25) is 5.28 Å². The molecule has 3 rings (SSSR count). The smallest absolute Gasteiger partial charge is 0.226 e. The number of halogens is 1. The maximum Gasteiger partial charge on any atom is 0.226 e. The second-order valence-electron chi connectivity index (χ2n) is 4.45. The first-order valence-electron chi connectivity index (χ1n) is 5.84. The number of aliphatic hydroxyl groups is 2. The zero-order chi connectivity index (χ0) is 13.6. The van der Waals surface area contributed by atoms with Gasteiger partial charge in [-0.15, -0.1) is 0 Å². The molecule has 0 saturated carbocycles. The monoisotopic (exact) mass is 284 g/mol. The first kappa shape index (κ1) is 12.6. The summed E-state index contributed by atoms with van der Waals surface area (Å²) in [5.41, 5.74) is 6.32. The number of nitrogen functional groups attached to an aromatic ring is 1. The first-order chi connectivity index (χ1) is 9.10. The fourth-order valence-corrected chi connectivity index (χ4v) is 2.48. The van der Waals surface area contributed by atoms with Gasteiger partial charge in [-0.2, -0.15) is 4.98 Å². The predicted molar refractivity (Wildman–Crippen MR) is 68.6 cm³/mol. The SMILES string of the molecule is Nc1nc(Cl)nc2c1ccn2[C@H]1CC(O)C(CO)O1.